The molecular weight excluding hydrogens is 361 g/mol. The fraction of sp³-hybridized carbons (Fsp3) is 0.240. The van der Waals surface area contributed by atoms with Crippen LogP contribution in [0, 0.1) is 6.92 Å². The minimum absolute atomic E-state index is 0.0798. The van der Waals surface area contributed by atoms with Crippen LogP contribution >= 0.6 is 8.58 Å². The highest BCUT2D eigenvalue weighted by atomic mass is 31.1. The van der Waals surface area contributed by atoms with Crippen molar-refractivity contribution in [1.82, 2.24) is 0 Å². The molecule has 0 aromatic heterocycles. The zero-order valence-corrected chi connectivity index (χ0v) is 18.1. The van der Waals surface area contributed by atoms with Gasteiger partial charge in [-0.3, -0.25) is 4.99 Å². The Kier molecular flexibility index (Phi) is 6.65. The van der Waals surface area contributed by atoms with E-state index in [-0.39, 0.29) is 5.54 Å². The molecule has 0 saturated carbocycles. The van der Waals surface area contributed by atoms with Crippen LogP contribution in [0.3, 0.4) is 0 Å². The van der Waals surface area contributed by atoms with Gasteiger partial charge in [-0.15, -0.1) is 0 Å². The minimum atomic E-state index is -0.0798. The Bertz CT molecular complexity index is 942. The Labute approximate surface area is 170 Å². The van der Waals surface area contributed by atoms with Gasteiger partial charge in [-0.05, 0) is 44.1 Å². The number of para-hydroxylation sites is 1. The van der Waals surface area contributed by atoms with Crippen molar-refractivity contribution >= 4 is 25.4 Å². The Morgan fingerprint density at radius 2 is 1.54 bits per heavy atom. The van der Waals surface area contributed by atoms with Crippen LogP contribution in [0.25, 0.3) is 0 Å². The summed E-state index contributed by atoms with van der Waals surface area (Å²) in [5.74, 6) is 0.993. The molecule has 0 amide bonds. The van der Waals surface area contributed by atoms with E-state index in [0.717, 1.165) is 5.75 Å². The first-order chi connectivity index (χ1) is 13.4. The third-order valence-electron chi connectivity index (χ3n) is 4.26. The summed E-state index contributed by atoms with van der Waals surface area (Å²) in [5, 5.41) is 2.51. The number of nitrogens with zero attached hydrogens (tertiary/aromatic N) is 1. The lowest BCUT2D eigenvalue weighted by atomic mass is 10.1. The summed E-state index contributed by atoms with van der Waals surface area (Å²) in [7, 11) is 0.515. The number of ether oxygens (including phenoxy) is 1. The molecular formula is C25H28NOP. The first-order valence-corrected chi connectivity index (χ1v) is 10.6. The van der Waals surface area contributed by atoms with Gasteiger partial charge in [0, 0.05) is 17.1 Å². The van der Waals surface area contributed by atoms with Crippen LogP contribution in [-0.2, 0) is 6.61 Å². The van der Waals surface area contributed by atoms with Crippen LogP contribution < -0.4 is 15.3 Å². The predicted molar refractivity (Wildman–Crippen MR) is 123 cm³/mol. The molecule has 0 saturated heterocycles. The van der Waals surface area contributed by atoms with Gasteiger partial charge in [0.25, 0.3) is 0 Å². The summed E-state index contributed by atoms with van der Waals surface area (Å²) >= 11 is 0. The quantitative estimate of drug-likeness (QED) is 0.407. The minimum Gasteiger partial charge on any atom is -0.488 e. The van der Waals surface area contributed by atoms with Crippen molar-refractivity contribution in [1.29, 1.82) is 0 Å². The van der Waals surface area contributed by atoms with Gasteiger partial charge in [-0.1, -0.05) is 81.4 Å². The highest BCUT2D eigenvalue weighted by molar-refractivity contribution is 7.56. The largest absolute Gasteiger partial charge is 0.488 e. The maximum absolute atomic E-state index is 6.25. The zero-order chi connectivity index (χ0) is 20.0. The van der Waals surface area contributed by atoms with Crippen LogP contribution in [-0.4, -0.2) is 11.8 Å². The van der Waals surface area contributed by atoms with Crippen LogP contribution in [0.5, 0.6) is 5.75 Å². The van der Waals surface area contributed by atoms with Crippen molar-refractivity contribution in [3.63, 3.8) is 0 Å². The average Bonchev–Trinajstić information content (AvgIpc) is 2.67. The number of hydrogen-bond donors (Lipinski definition) is 0. The van der Waals surface area contributed by atoms with Gasteiger partial charge >= 0.3 is 0 Å². The molecule has 0 heterocycles. The standard InChI is InChI=1S/C25H28NOP/c1-19-11-10-16-23(24(19)27-18-20-12-6-5-7-13-20)28-22-15-9-8-14-21(22)17-26-25(2,3)4/h5-17,28H,18H2,1-4H3/b26-17+. The lowest BCUT2D eigenvalue weighted by Crippen LogP contribution is -2.14. The van der Waals surface area contributed by atoms with Crippen molar-refractivity contribution in [2.75, 3.05) is 0 Å². The van der Waals surface area contributed by atoms with Crippen molar-refractivity contribution in [3.8, 4) is 5.75 Å². The van der Waals surface area contributed by atoms with Crippen LogP contribution in [0.2, 0.25) is 0 Å². The molecule has 0 spiro atoms. The monoisotopic (exact) mass is 389 g/mol. The van der Waals surface area contributed by atoms with E-state index < -0.39 is 0 Å². The van der Waals surface area contributed by atoms with Gasteiger partial charge in [0.1, 0.15) is 12.4 Å². The van der Waals surface area contributed by atoms with E-state index >= 15 is 0 Å². The van der Waals surface area contributed by atoms with E-state index in [1.807, 2.05) is 24.4 Å². The van der Waals surface area contributed by atoms with Crippen LogP contribution in [0.4, 0.5) is 0 Å². The van der Waals surface area contributed by atoms with E-state index in [9.17, 15) is 0 Å². The molecule has 0 bridgehead atoms. The van der Waals surface area contributed by atoms with Gasteiger partial charge in [0.05, 0.1) is 5.54 Å². The SMILES string of the molecule is Cc1cccc(Pc2ccccc2/C=N/C(C)(C)C)c1OCc1ccccc1. The fourth-order valence-electron chi connectivity index (χ4n) is 2.80. The molecule has 1 unspecified atom stereocenters. The van der Waals surface area contributed by atoms with Crippen molar-refractivity contribution in [2.24, 2.45) is 4.99 Å². The molecule has 3 aromatic rings. The second kappa shape index (κ2) is 9.17. The molecule has 0 radical (unpaired) electrons. The molecule has 28 heavy (non-hydrogen) atoms. The van der Waals surface area contributed by atoms with E-state index in [1.165, 1.54) is 27.3 Å². The summed E-state index contributed by atoms with van der Waals surface area (Å²) in [6.07, 6.45) is 2.00. The first-order valence-electron chi connectivity index (χ1n) is 9.60. The molecule has 3 heteroatoms. The highest BCUT2D eigenvalue weighted by Crippen LogP contribution is 2.25. The molecule has 1 atom stereocenters. The van der Waals surface area contributed by atoms with Crippen LogP contribution in [0.1, 0.15) is 37.5 Å². The normalized spacial score (nSPS) is 12.1. The van der Waals surface area contributed by atoms with Gasteiger partial charge in [-0.25, -0.2) is 0 Å². The molecule has 2 nitrogen and oxygen atoms in total. The lowest BCUT2D eigenvalue weighted by Gasteiger charge is -2.16. The van der Waals surface area contributed by atoms with E-state index in [4.69, 9.17) is 9.73 Å². The molecule has 3 rings (SSSR count). The zero-order valence-electron chi connectivity index (χ0n) is 17.1. The molecule has 3 aromatic carbocycles. The lowest BCUT2D eigenvalue weighted by molar-refractivity contribution is 0.307. The van der Waals surface area contributed by atoms with Crippen molar-refractivity contribution in [3.05, 3.63) is 89.5 Å². The average molecular weight is 389 g/mol. The smallest absolute Gasteiger partial charge is 0.130 e. The maximum atomic E-state index is 6.25. The van der Waals surface area contributed by atoms with Gasteiger partial charge < -0.3 is 4.74 Å². The number of hydrogen-bond acceptors (Lipinski definition) is 2. The van der Waals surface area contributed by atoms with E-state index in [0.29, 0.717) is 15.2 Å². The topological polar surface area (TPSA) is 21.6 Å². The fourth-order valence-corrected chi connectivity index (χ4v) is 4.13. The summed E-state index contributed by atoms with van der Waals surface area (Å²) in [5.41, 5.74) is 3.44. The van der Waals surface area contributed by atoms with Crippen molar-refractivity contribution < 1.29 is 4.74 Å². The number of aliphatic imine (C=N–C) groups is 1. The third-order valence-corrected chi connectivity index (χ3v) is 5.65. The Hall–Kier alpha value is -2.44. The number of rotatable bonds is 6. The second-order valence-electron chi connectivity index (χ2n) is 7.87. The van der Waals surface area contributed by atoms with Crippen LogP contribution in [0.15, 0.2) is 77.8 Å². The second-order valence-corrected chi connectivity index (χ2v) is 9.19. The number of benzene rings is 3. The summed E-state index contributed by atoms with van der Waals surface area (Å²) < 4.78 is 6.25. The molecule has 0 aliphatic carbocycles. The molecule has 0 N–H and O–H groups in total. The molecule has 144 valence electrons. The molecule has 0 fully saturated rings. The van der Waals surface area contributed by atoms with E-state index in [2.05, 4.69) is 82.3 Å². The molecule has 0 aliphatic rings. The summed E-state index contributed by atoms with van der Waals surface area (Å²) in [6, 6.07) is 25.2. The Morgan fingerprint density at radius 3 is 2.29 bits per heavy atom. The predicted octanol–water partition coefficient (Wildman–Crippen LogP) is 5.42. The summed E-state index contributed by atoms with van der Waals surface area (Å²) in [6.45, 7) is 9.04. The molecule has 0 aliphatic heterocycles. The Morgan fingerprint density at radius 1 is 0.857 bits per heavy atom. The van der Waals surface area contributed by atoms with E-state index in [1.54, 1.807) is 0 Å². The van der Waals surface area contributed by atoms with Crippen molar-refractivity contribution in [2.45, 2.75) is 39.8 Å². The van der Waals surface area contributed by atoms with Gasteiger partial charge in [0.15, 0.2) is 0 Å². The third kappa shape index (κ3) is 5.78. The first kappa shape index (κ1) is 20.3. The van der Waals surface area contributed by atoms with Gasteiger partial charge in [-0.2, -0.15) is 0 Å². The maximum Gasteiger partial charge on any atom is 0.130 e. The van der Waals surface area contributed by atoms with Gasteiger partial charge in [0.2, 0.25) is 0 Å². The highest BCUT2D eigenvalue weighted by Gasteiger charge is 2.11. The summed E-state index contributed by atoms with van der Waals surface area (Å²) in [4.78, 5) is 4.69. The number of aryl methyl sites for hydroxylation is 1. The Balaban J connectivity index is 1.85.